The van der Waals surface area contributed by atoms with Gasteiger partial charge in [0, 0.05) is 61.5 Å². The van der Waals surface area contributed by atoms with Gasteiger partial charge in [-0.25, -0.2) is 14.8 Å². The molecule has 0 bridgehead atoms. The molecule has 4 aromatic rings. The van der Waals surface area contributed by atoms with Gasteiger partial charge in [0.1, 0.15) is 5.75 Å². The largest absolute Gasteiger partial charge is 0.494 e. The number of hydrogen-bond acceptors (Lipinski definition) is 8. The van der Waals surface area contributed by atoms with Crippen LogP contribution in [0.2, 0.25) is 0 Å². The number of para-hydroxylation sites is 1. The monoisotopic (exact) mass is 599 g/mol. The van der Waals surface area contributed by atoms with Crippen molar-refractivity contribution in [3.8, 4) is 17.0 Å². The highest BCUT2D eigenvalue weighted by Crippen LogP contribution is 2.39. The van der Waals surface area contributed by atoms with Crippen molar-refractivity contribution in [2.75, 3.05) is 55.4 Å². The molecular weight excluding hydrogens is 562 g/mol. The molecule has 5 rings (SSSR count). The van der Waals surface area contributed by atoms with Gasteiger partial charge in [0.15, 0.2) is 0 Å². The number of hydrogen-bond donors (Lipinski definition) is 3. The van der Waals surface area contributed by atoms with E-state index >= 15 is 0 Å². The molecule has 12 heteroatoms. The zero-order valence-corrected chi connectivity index (χ0v) is 25.2. The molecule has 1 aliphatic heterocycles. The fraction of sp³-hybridized carbons (Fsp3) is 0.312. The quantitative estimate of drug-likeness (QED) is 0.185. The maximum atomic E-state index is 12.4. The van der Waals surface area contributed by atoms with Crippen LogP contribution in [-0.4, -0.2) is 76.4 Å². The summed E-state index contributed by atoms with van der Waals surface area (Å²) in [6, 6.07) is 13.7. The van der Waals surface area contributed by atoms with E-state index in [0.717, 1.165) is 34.4 Å². The van der Waals surface area contributed by atoms with E-state index in [9.17, 15) is 14.7 Å². The number of fused-ring (bicyclic) bond motifs is 3. The van der Waals surface area contributed by atoms with Crippen LogP contribution in [0.1, 0.15) is 19.5 Å². The third-order valence-corrected chi connectivity index (χ3v) is 7.71. The van der Waals surface area contributed by atoms with Gasteiger partial charge < -0.3 is 39.6 Å². The van der Waals surface area contributed by atoms with Gasteiger partial charge in [0.05, 0.1) is 48.8 Å². The Balaban J connectivity index is 1.51. The van der Waals surface area contributed by atoms with Crippen molar-refractivity contribution in [2.24, 2.45) is 0 Å². The first kappa shape index (κ1) is 30.4. The van der Waals surface area contributed by atoms with Crippen LogP contribution < -0.4 is 20.3 Å². The molecular formula is C32H37N7O5. The summed E-state index contributed by atoms with van der Waals surface area (Å²) in [5.41, 5.74) is 5.68. The van der Waals surface area contributed by atoms with Crippen molar-refractivity contribution in [2.45, 2.75) is 27.0 Å². The number of benzene rings is 2. The van der Waals surface area contributed by atoms with Crippen LogP contribution >= 0.6 is 0 Å². The van der Waals surface area contributed by atoms with Gasteiger partial charge in [-0.05, 0) is 38.1 Å². The van der Waals surface area contributed by atoms with Gasteiger partial charge in [0.25, 0.3) is 0 Å². The van der Waals surface area contributed by atoms with Crippen molar-refractivity contribution >= 4 is 45.9 Å². The molecule has 0 fully saturated rings. The SMILES string of the molecule is C=CC(=O)Nc1cc(Nc2nccc(-c3c4n(c5ccccc35)CCOC4)n2)c(OC)cc1N(CC)CCN(CC)C(=O)O. The average Bonchev–Trinajstić information content (AvgIpc) is 3.38. The second kappa shape index (κ2) is 13.5. The Labute approximate surface area is 255 Å². The number of amides is 2. The summed E-state index contributed by atoms with van der Waals surface area (Å²) >= 11 is 0. The lowest BCUT2D eigenvalue weighted by atomic mass is 10.1. The topological polar surface area (TPSA) is 134 Å². The second-order valence-corrected chi connectivity index (χ2v) is 10.1. The number of rotatable bonds is 12. The Bertz CT molecular complexity index is 1690. The summed E-state index contributed by atoms with van der Waals surface area (Å²) < 4.78 is 13.9. The molecule has 2 aromatic heterocycles. The number of carboxylic acid groups (broad SMARTS) is 1. The zero-order chi connectivity index (χ0) is 31.2. The minimum atomic E-state index is -0.982. The molecule has 0 atom stereocenters. The third kappa shape index (κ3) is 6.16. The highest BCUT2D eigenvalue weighted by molar-refractivity contribution is 6.02. The fourth-order valence-electron chi connectivity index (χ4n) is 5.51. The molecule has 44 heavy (non-hydrogen) atoms. The van der Waals surface area contributed by atoms with Gasteiger partial charge in [-0.3, -0.25) is 4.79 Å². The number of nitrogens with one attached hydrogen (secondary N) is 2. The van der Waals surface area contributed by atoms with E-state index in [2.05, 4.69) is 38.9 Å². The highest BCUT2D eigenvalue weighted by atomic mass is 16.5. The first-order chi connectivity index (χ1) is 21.4. The van der Waals surface area contributed by atoms with E-state index < -0.39 is 6.09 Å². The molecule has 1 aliphatic rings. The lowest BCUT2D eigenvalue weighted by Gasteiger charge is -2.29. The number of ether oxygens (including phenoxy) is 2. The molecule has 2 amide bonds. The second-order valence-electron chi connectivity index (χ2n) is 10.1. The van der Waals surface area contributed by atoms with Crippen LogP contribution in [0.4, 0.5) is 27.8 Å². The van der Waals surface area contributed by atoms with Crippen LogP contribution in [0.3, 0.4) is 0 Å². The van der Waals surface area contributed by atoms with E-state index in [1.165, 1.54) is 11.0 Å². The van der Waals surface area contributed by atoms with E-state index in [1.807, 2.05) is 30.0 Å². The minimum absolute atomic E-state index is 0.293. The van der Waals surface area contributed by atoms with Gasteiger partial charge in [0.2, 0.25) is 11.9 Å². The molecule has 0 radical (unpaired) electrons. The smallest absolute Gasteiger partial charge is 0.407 e. The van der Waals surface area contributed by atoms with Crippen molar-refractivity contribution in [3.63, 3.8) is 0 Å². The summed E-state index contributed by atoms with van der Waals surface area (Å²) in [6.07, 6.45) is 1.92. The molecule has 12 nitrogen and oxygen atoms in total. The summed E-state index contributed by atoms with van der Waals surface area (Å²) in [5, 5.41) is 16.7. The van der Waals surface area contributed by atoms with E-state index in [1.54, 1.807) is 32.4 Å². The Hall–Kier alpha value is -5.10. The van der Waals surface area contributed by atoms with Crippen molar-refractivity contribution < 1.29 is 24.2 Å². The van der Waals surface area contributed by atoms with Crippen LogP contribution in [0, 0.1) is 0 Å². The Kier molecular flexibility index (Phi) is 9.29. The fourth-order valence-corrected chi connectivity index (χ4v) is 5.51. The maximum absolute atomic E-state index is 12.4. The molecule has 0 saturated heterocycles. The Morgan fingerprint density at radius 3 is 2.70 bits per heavy atom. The lowest BCUT2D eigenvalue weighted by Crippen LogP contribution is -2.38. The van der Waals surface area contributed by atoms with Gasteiger partial charge in [-0.2, -0.15) is 0 Å². The van der Waals surface area contributed by atoms with Gasteiger partial charge >= 0.3 is 6.09 Å². The molecule has 3 N–H and O–H groups in total. The Morgan fingerprint density at radius 2 is 1.98 bits per heavy atom. The van der Waals surface area contributed by atoms with Crippen molar-refractivity contribution in [1.82, 2.24) is 19.4 Å². The van der Waals surface area contributed by atoms with E-state index in [-0.39, 0.29) is 5.91 Å². The van der Waals surface area contributed by atoms with E-state index in [4.69, 9.17) is 14.5 Å². The number of anilines is 4. The number of likely N-dealkylation sites (N-methyl/N-ethyl adjacent to an activating group) is 2. The molecule has 0 spiro atoms. The van der Waals surface area contributed by atoms with Gasteiger partial charge in [-0.1, -0.05) is 24.8 Å². The van der Waals surface area contributed by atoms with Crippen molar-refractivity contribution in [1.29, 1.82) is 0 Å². The highest BCUT2D eigenvalue weighted by Gasteiger charge is 2.23. The van der Waals surface area contributed by atoms with Crippen LogP contribution in [0.5, 0.6) is 5.75 Å². The predicted octanol–water partition coefficient (Wildman–Crippen LogP) is 5.33. The number of carbonyl (C=O) groups is 2. The first-order valence-electron chi connectivity index (χ1n) is 14.5. The molecule has 230 valence electrons. The minimum Gasteiger partial charge on any atom is -0.494 e. The number of nitrogens with zero attached hydrogens (tertiary/aromatic N) is 5. The molecule has 0 unspecified atom stereocenters. The van der Waals surface area contributed by atoms with Crippen LogP contribution in [0.15, 0.2) is 61.3 Å². The third-order valence-electron chi connectivity index (χ3n) is 7.71. The maximum Gasteiger partial charge on any atom is 0.407 e. The number of methoxy groups -OCH3 is 1. The molecule has 2 aromatic carbocycles. The summed E-state index contributed by atoms with van der Waals surface area (Å²) in [4.78, 5) is 36.7. The Morgan fingerprint density at radius 1 is 1.16 bits per heavy atom. The van der Waals surface area contributed by atoms with Crippen LogP contribution in [-0.2, 0) is 22.7 Å². The number of aromatic nitrogens is 3. The molecule has 0 aliphatic carbocycles. The van der Waals surface area contributed by atoms with Crippen LogP contribution in [0.25, 0.3) is 22.2 Å². The lowest BCUT2D eigenvalue weighted by molar-refractivity contribution is -0.111. The first-order valence-corrected chi connectivity index (χ1v) is 14.5. The standard InChI is InChI=1S/C32H37N7O5/c1-5-29(40)34-23-18-24(28(43-4)19-26(23)37(6-2)14-15-38(7-3)32(41)42)36-31-33-13-12-22(35-31)30-21-10-8-9-11-25(21)39-16-17-44-20-27(30)39/h5,8-13,18-19H,1,6-7,14-17,20H2,2-4H3,(H,34,40)(H,41,42)(H,33,35,36). The van der Waals surface area contributed by atoms with Crippen molar-refractivity contribution in [3.05, 3.63) is 67.0 Å². The van der Waals surface area contributed by atoms with Gasteiger partial charge in [-0.15, -0.1) is 0 Å². The summed E-state index contributed by atoms with van der Waals surface area (Å²) in [7, 11) is 1.56. The zero-order valence-electron chi connectivity index (χ0n) is 25.2. The molecule has 0 saturated carbocycles. The summed E-state index contributed by atoms with van der Waals surface area (Å²) in [5.74, 6) is 0.461. The average molecular weight is 600 g/mol. The summed E-state index contributed by atoms with van der Waals surface area (Å²) in [6.45, 7) is 10.9. The predicted molar refractivity (Wildman–Crippen MR) is 171 cm³/mol. The molecule has 3 heterocycles. The van der Waals surface area contributed by atoms with E-state index in [0.29, 0.717) is 68.2 Å². The number of carbonyl (C=O) groups excluding carboxylic acids is 1. The normalized spacial score (nSPS) is 12.3.